The van der Waals surface area contributed by atoms with E-state index in [0.717, 1.165) is 12.8 Å². The Balaban J connectivity index is 2.06. The number of hydrogen-bond acceptors (Lipinski definition) is 4. The minimum absolute atomic E-state index is 0.232. The average molecular weight is 292 g/mol. The van der Waals surface area contributed by atoms with Crippen molar-refractivity contribution in [2.45, 2.75) is 25.7 Å². The molecule has 1 fully saturated rings. The third kappa shape index (κ3) is 4.21. The van der Waals surface area contributed by atoms with Crippen LogP contribution in [0.3, 0.4) is 0 Å². The van der Waals surface area contributed by atoms with Crippen LogP contribution in [-0.2, 0) is 14.3 Å². The molecule has 0 heterocycles. The Labute approximate surface area is 122 Å². The molecule has 1 saturated carbocycles. The first kappa shape index (κ1) is 15.4. The van der Waals surface area contributed by atoms with Gasteiger partial charge in [-0.3, -0.25) is 14.4 Å². The van der Waals surface area contributed by atoms with Crippen LogP contribution in [0.1, 0.15) is 36.0 Å². The lowest BCUT2D eigenvalue weighted by atomic mass is 9.92. The molecule has 5 heteroatoms. The number of Topliss-reactive ketones (excluding diaryl/α,β-unsaturated/α-hetero) is 2. The molecule has 112 valence electrons. The van der Waals surface area contributed by atoms with E-state index in [4.69, 9.17) is 0 Å². The Morgan fingerprint density at radius 1 is 1.24 bits per heavy atom. The van der Waals surface area contributed by atoms with E-state index in [9.17, 15) is 18.8 Å². The number of benzene rings is 1. The highest BCUT2D eigenvalue weighted by atomic mass is 19.1. The average Bonchev–Trinajstić information content (AvgIpc) is 3.28. The molecular weight excluding hydrogens is 275 g/mol. The number of hydrogen-bond donors (Lipinski definition) is 0. The maximum atomic E-state index is 12.8. The van der Waals surface area contributed by atoms with Crippen molar-refractivity contribution in [2.75, 3.05) is 7.11 Å². The van der Waals surface area contributed by atoms with Gasteiger partial charge in [-0.2, -0.15) is 0 Å². The fraction of sp³-hybridized carbons (Fsp3) is 0.438. The summed E-state index contributed by atoms with van der Waals surface area (Å²) in [4.78, 5) is 35.9. The van der Waals surface area contributed by atoms with Crippen LogP contribution >= 0.6 is 0 Å². The van der Waals surface area contributed by atoms with Gasteiger partial charge in [0.2, 0.25) is 0 Å². The summed E-state index contributed by atoms with van der Waals surface area (Å²) < 4.78 is 17.5. The van der Waals surface area contributed by atoms with E-state index in [-0.39, 0.29) is 23.6 Å². The maximum Gasteiger partial charge on any atom is 0.316 e. The maximum absolute atomic E-state index is 12.8. The third-order valence-corrected chi connectivity index (χ3v) is 3.62. The predicted molar refractivity (Wildman–Crippen MR) is 73.2 cm³/mol. The Bertz CT molecular complexity index is 546. The molecule has 2 rings (SSSR count). The first-order valence-corrected chi connectivity index (χ1v) is 6.90. The molecule has 21 heavy (non-hydrogen) atoms. The minimum atomic E-state index is -1.06. The summed E-state index contributed by atoms with van der Waals surface area (Å²) in [6.45, 7) is 0. The smallest absolute Gasteiger partial charge is 0.316 e. The molecule has 0 saturated heterocycles. The van der Waals surface area contributed by atoms with Crippen molar-refractivity contribution in [2.24, 2.45) is 11.8 Å². The van der Waals surface area contributed by atoms with Crippen molar-refractivity contribution >= 4 is 17.5 Å². The van der Waals surface area contributed by atoms with Gasteiger partial charge in [-0.1, -0.05) is 0 Å². The molecule has 4 nitrogen and oxygen atoms in total. The molecule has 0 amide bonds. The number of ether oxygens (including phenoxy) is 1. The molecule has 1 aliphatic carbocycles. The molecule has 1 atom stereocenters. The fourth-order valence-electron chi connectivity index (χ4n) is 2.16. The van der Waals surface area contributed by atoms with Crippen LogP contribution in [0, 0.1) is 17.7 Å². The topological polar surface area (TPSA) is 60.4 Å². The summed E-state index contributed by atoms with van der Waals surface area (Å²) in [5, 5.41) is 0. The van der Waals surface area contributed by atoms with Gasteiger partial charge < -0.3 is 4.74 Å². The van der Waals surface area contributed by atoms with E-state index in [1.165, 1.54) is 31.4 Å². The Hall–Kier alpha value is -2.04. The zero-order valence-electron chi connectivity index (χ0n) is 11.8. The molecule has 0 spiro atoms. The number of carbonyl (C=O) groups is 3. The van der Waals surface area contributed by atoms with Crippen molar-refractivity contribution in [3.8, 4) is 0 Å². The lowest BCUT2D eigenvalue weighted by molar-refractivity contribution is -0.149. The van der Waals surface area contributed by atoms with E-state index in [2.05, 4.69) is 4.74 Å². The zero-order chi connectivity index (χ0) is 15.4. The summed E-state index contributed by atoms with van der Waals surface area (Å²) in [7, 11) is 1.20. The standard InChI is InChI=1S/C16H17FO4/c1-21-16(20)13(15(19)8-10-2-3-10)9-14(18)11-4-6-12(17)7-5-11/h4-7,10,13H,2-3,8-9H2,1H3. The lowest BCUT2D eigenvalue weighted by Gasteiger charge is -2.12. The highest BCUT2D eigenvalue weighted by Gasteiger charge is 2.34. The molecule has 0 N–H and O–H groups in total. The molecule has 1 unspecified atom stereocenters. The molecule has 0 aromatic heterocycles. The van der Waals surface area contributed by atoms with Crippen molar-refractivity contribution < 1.29 is 23.5 Å². The van der Waals surface area contributed by atoms with Gasteiger partial charge in [0.25, 0.3) is 0 Å². The van der Waals surface area contributed by atoms with Gasteiger partial charge >= 0.3 is 5.97 Å². The van der Waals surface area contributed by atoms with Crippen LogP contribution in [0.2, 0.25) is 0 Å². The Morgan fingerprint density at radius 3 is 2.38 bits per heavy atom. The largest absolute Gasteiger partial charge is 0.468 e. The van der Waals surface area contributed by atoms with E-state index in [1.807, 2.05) is 0 Å². The van der Waals surface area contributed by atoms with Gasteiger partial charge in [0.05, 0.1) is 7.11 Å². The van der Waals surface area contributed by atoms with Crippen LogP contribution < -0.4 is 0 Å². The summed E-state index contributed by atoms with van der Waals surface area (Å²) >= 11 is 0. The van der Waals surface area contributed by atoms with Crippen molar-refractivity contribution in [3.05, 3.63) is 35.6 Å². The van der Waals surface area contributed by atoms with Gasteiger partial charge in [0.1, 0.15) is 17.5 Å². The fourth-order valence-corrected chi connectivity index (χ4v) is 2.16. The first-order chi connectivity index (χ1) is 10.0. The number of ketones is 2. The van der Waals surface area contributed by atoms with Crippen molar-refractivity contribution in [1.82, 2.24) is 0 Å². The molecule has 1 aromatic rings. The van der Waals surface area contributed by atoms with Crippen LogP contribution in [-0.4, -0.2) is 24.6 Å². The third-order valence-electron chi connectivity index (χ3n) is 3.62. The second-order valence-electron chi connectivity index (χ2n) is 5.32. The van der Waals surface area contributed by atoms with Crippen LogP contribution in [0.5, 0.6) is 0 Å². The normalized spacial score (nSPS) is 15.3. The predicted octanol–water partition coefficient (Wildman–Crippen LogP) is 2.56. The minimum Gasteiger partial charge on any atom is -0.468 e. The number of carbonyl (C=O) groups excluding carboxylic acids is 3. The molecular formula is C16H17FO4. The summed E-state index contributed by atoms with van der Waals surface area (Å²) in [5.74, 6) is -2.47. The summed E-state index contributed by atoms with van der Waals surface area (Å²) in [5.41, 5.74) is 0.282. The second-order valence-corrected chi connectivity index (χ2v) is 5.32. The molecule has 1 aliphatic rings. The van der Waals surface area contributed by atoms with Gasteiger partial charge in [-0.05, 0) is 43.0 Å². The second kappa shape index (κ2) is 6.61. The van der Waals surface area contributed by atoms with E-state index >= 15 is 0 Å². The van der Waals surface area contributed by atoms with Crippen molar-refractivity contribution in [3.63, 3.8) is 0 Å². The van der Waals surface area contributed by atoms with Crippen molar-refractivity contribution in [1.29, 1.82) is 0 Å². The monoisotopic (exact) mass is 292 g/mol. The van der Waals surface area contributed by atoms with Crippen LogP contribution in [0.4, 0.5) is 4.39 Å². The van der Waals surface area contributed by atoms with E-state index in [1.54, 1.807) is 0 Å². The summed E-state index contributed by atoms with van der Waals surface area (Å²) in [6.07, 6.45) is 2.07. The SMILES string of the molecule is COC(=O)C(CC(=O)c1ccc(F)cc1)C(=O)CC1CC1. The molecule has 0 radical (unpaired) electrons. The highest BCUT2D eigenvalue weighted by Crippen LogP contribution is 2.34. The van der Waals surface area contributed by atoms with E-state index < -0.39 is 17.7 Å². The Morgan fingerprint density at radius 2 is 1.86 bits per heavy atom. The van der Waals surface area contributed by atoms with Gasteiger partial charge in [-0.25, -0.2) is 4.39 Å². The zero-order valence-corrected chi connectivity index (χ0v) is 11.8. The number of halogens is 1. The number of methoxy groups -OCH3 is 1. The van der Waals surface area contributed by atoms with Gasteiger partial charge in [0, 0.05) is 18.4 Å². The van der Waals surface area contributed by atoms with Gasteiger partial charge in [-0.15, -0.1) is 0 Å². The van der Waals surface area contributed by atoms with Crippen LogP contribution in [0.15, 0.2) is 24.3 Å². The van der Waals surface area contributed by atoms with Crippen LogP contribution in [0.25, 0.3) is 0 Å². The molecule has 0 bridgehead atoms. The highest BCUT2D eigenvalue weighted by molar-refractivity contribution is 6.06. The number of esters is 1. The van der Waals surface area contributed by atoms with Gasteiger partial charge in [0.15, 0.2) is 5.78 Å². The van der Waals surface area contributed by atoms with E-state index in [0.29, 0.717) is 12.3 Å². The molecule has 1 aromatic carbocycles. The summed E-state index contributed by atoms with van der Waals surface area (Å²) in [6, 6.07) is 5.04. The lowest BCUT2D eigenvalue weighted by Crippen LogP contribution is -2.28. The quantitative estimate of drug-likeness (QED) is 0.440. The first-order valence-electron chi connectivity index (χ1n) is 6.90. The number of rotatable bonds is 7. The Kier molecular flexibility index (Phi) is 4.83. The molecule has 0 aliphatic heterocycles.